The summed E-state index contributed by atoms with van der Waals surface area (Å²) in [7, 11) is 0. The number of nitrogens with two attached hydrogens (primary N) is 1. The van der Waals surface area contributed by atoms with E-state index in [1.165, 1.54) is 18.5 Å². The van der Waals surface area contributed by atoms with E-state index in [4.69, 9.17) is 5.84 Å². The minimum Gasteiger partial charge on any atom is -0.271 e. The molecule has 16 heavy (non-hydrogen) atoms. The minimum absolute atomic E-state index is 0.387. The molecule has 1 aromatic rings. The van der Waals surface area contributed by atoms with Gasteiger partial charge in [-0.2, -0.15) is 5.10 Å². The third-order valence-electron chi connectivity index (χ3n) is 3.27. The van der Waals surface area contributed by atoms with E-state index in [1.807, 2.05) is 6.92 Å². The van der Waals surface area contributed by atoms with Crippen LogP contribution in [0.25, 0.3) is 0 Å². The monoisotopic (exact) mass is 286 g/mol. The molecule has 90 valence electrons. The minimum atomic E-state index is 0.387. The molecule has 1 heterocycles. The number of aryl methyl sites for hydroxylation is 2. The summed E-state index contributed by atoms with van der Waals surface area (Å²) in [4.78, 5) is 0. The predicted molar refractivity (Wildman–Crippen MR) is 67.9 cm³/mol. The van der Waals surface area contributed by atoms with E-state index in [0.717, 1.165) is 29.1 Å². The van der Waals surface area contributed by atoms with Crippen LogP contribution in [0.1, 0.15) is 31.2 Å². The maximum Gasteiger partial charge on any atom is 0.0738 e. The zero-order chi connectivity index (χ0) is 11.7. The van der Waals surface area contributed by atoms with Crippen LogP contribution in [0.5, 0.6) is 0 Å². The van der Waals surface area contributed by atoms with Crippen LogP contribution in [0, 0.1) is 12.8 Å². The molecule has 5 heteroatoms. The molecule has 3 N–H and O–H groups in total. The summed E-state index contributed by atoms with van der Waals surface area (Å²) in [5, 5.41) is 4.50. The van der Waals surface area contributed by atoms with Gasteiger partial charge < -0.3 is 0 Å². The van der Waals surface area contributed by atoms with E-state index in [2.05, 4.69) is 38.1 Å². The van der Waals surface area contributed by atoms with Gasteiger partial charge >= 0.3 is 0 Å². The Morgan fingerprint density at radius 2 is 2.31 bits per heavy atom. The normalized spacial score (nSPS) is 17.8. The van der Waals surface area contributed by atoms with Crippen molar-refractivity contribution >= 4 is 15.9 Å². The van der Waals surface area contributed by atoms with Gasteiger partial charge in [-0.3, -0.25) is 16.0 Å². The lowest BCUT2D eigenvalue weighted by Gasteiger charge is -2.15. The fraction of sp³-hybridized carbons (Fsp3) is 0.727. The van der Waals surface area contributed by atoms with Crippen molar-refractivity contribution in [3.8, 4) is 0 Å². The van der Waals surface area contributed by atoms with Crippen LogP contribution < -0.4 is 11.3 Å². The van der Waals surface area contributed by atoms with Crippen LogP contribution in [0.2, 0.25) is 0 Å². The Hall–Kier alpha value is -0.390. The van der Waals surface area contributed by atoms with Crippen molar-refractivity contribution in [2.24, 2.45) is 11.8 Å². The van der Waals surface area contributed by atoms with Gasteiger partial charge in [0.15, 0.2) is 0 Å². The van der Waals surface area contributed by atoms with Gasteiger partial charge in [0.2, 0.25) is 0 Å². The molecule has 0 radical (unpaired) electrons. The van der Waals surface area contributed by atoms with Crippen molar-refractivity contribution in [2.75, 3.05) is 0 Å². The Morgan fingerprint density at radius 1 is 1.62 bits per heavy atom. The van der Waals surface area contributed by atoms with Crippen molar-refractivity contribution in [1.82, 2.24) is 15.2 Å². The van der Waals surface area contributed by atoms with Gasteiger partial charge in [-0.1, -0.05) is 0 Å². The molecule has 0 aromatic carbocycles. The molecule has 1 unspecified atom stereocenters. The van der Waals surface area contributed by atoms with E-state index in [-0.39, 0.29) is 0 Å². The Bertz CT molecular complexity index is 370. The first kappa shape index (κ1) is 12.1. The molecule has 1 aromatic heterocycles. The molecular formula is C11H19BrN4. The summed E-state index contributed by atoms with van der Waals surface area (Å²) >= 11 is 3.62. The van der Waals surface area contributed by atoms with Crippen molar-refractivity contribution in [3.63, 3.8) is 0 Å². The molecule has 0 amide bonds. The summed E-state index contributed by atoms with van der Waals surface area (Å²) in [6.45, 7) is 5.05. The first-order valence-corrected chi connectivity index (χ1v) is 6.64. The van der Waals surface area contributed by atoms with Gasteiger partial charge in [0.25, 0.3) is 0 Å². The molecule has 1 atom stereocenters. The highest BCUT2D eigenvalue weighted by Crippen LogP contribution is 2.35. The number of aromatic nitrogens is 2. The topological polar surface area (TPSA) is 55.9 Å². The lowest BCUT2D eigenvalue weighted by atomic mass is 10.1. The molecule has 1 saturated carbocycles. The summed E-state index contributed by atoms with van der Waals surface area (Å²) in [6.07, 6.45) is 3.55. The van der Waals surface area contributed by atoms with Gasteiger partial charge in [0.1, 0.15) is 0 Å². The second-order valence-electron chi connectivity index (χ2n) is 4.48. The lowest BCUT2D eigenvalue weighted by molar-refractivity contribution is 0.454. The van der Waals surface area contributed by atoms with E-state index in [1.54, 1.807) is 0 Å². The standard InChI is InChI=1S/C11H19BrN4/c1-3-16-10(11(12)7(2)15-16)6-9(14-13)8-4-5-8/h8-9,14H,3-6,13H2,1-2H3. The number of halogens is 1. The Kier molecular flexibility index (Phi) is 3.66. The van der Waals surface area contributed by atoms with E-state index in [0.29, 0.717) is 6.04 Å². The molecule has 0 spiro atoms. The first-order valence-electron chi connectivity index (χ1n) is 5.85. The van der Waals surface area contributed by atoms with Gasteiger partial charge in [-0.25, -0.2) is 0 Å². The Morgan fingerprint density at radius 3 is 2.81 bits per heavy atom. The summed E-state index contributed by atoms with van der Waals surface area (Å²) in [5.41, 5.74) is 5.26. The summed E-state index contributed by atoms with van der Waals surface area (Å²) in [6, 6.07) is 0.387. The molecule has 0 saturated heterocycles. The van der Waals surface area contributed by atoms with E-state index < -0.39 is 0 Å². The average Bonchev–Trinajstić information content (AvgIpc) is 3.07. The number of nitrogens with zero attached hydrogens (tertiary/aromatic N) is 2. The number of hydrogen-bond donors (Lipinski definition) is 2. The highest BCUT2D eigenvalue weighted by Gasteiger charge is 2.31. The Balaban J connectivity index is 2.18. The zero-order valence-corrected chi connectivity index (χ0v) is 11.4. The number of hydrazine groups is 1. The molecule has 1 fully saturated rings. The summed E-state index contributed by atoms with van der Waals surface area (Å²) < 4.78 is 3.20. The quantitative estimate of drug-likeness (QED) is 0.641. The molecule has 1 aliphatic rings. The van der Waals surface area contributed by atoms with Crippen molar-refractivity contribution in [3.05, 3.63) is 15.9 Å². The SMILES string of the molecule is CCn1nc(C)c(Br)c1CC(NN)C1CC1. The average molecular weight is 287 g/mol. The highest BCUT2D eigenvalue weighted by molar-refractivity contribution is 9.10. The van der Waals surface area contributed by atoms with Gasteiger partial charge in [0, 0.05) is 19.0 Å². The van der Waals surface area contributed by atoms with Gasteiger partial charge in [0.05, 0.1) is 15.9 Å². The molecule has 2 rings (SSSR count). The molecular weight excluding hydrogens is 268 g/mol. The molecule has 4 nitrogen and oxygen atoms in total. The maximum atomic E-state index is 5.61. The zero-order valence-electron chi connectivity index (χ0n) is 9.83. The van der Waals surface area contributed by atoms with Gasteiger partial charge in [-0.15, -0.1) is 0 Å². The maximum absolute atomic E-state index is 5.61. The van der Waals surface area contributed by atoms with Crippen LogP contribution in [-0.2, 0) is 13.0 Å². The molecule has 0 bridgehead atoms. The predicted octanol–water partition coefficient (Wildman–Crippen LogP) is 1.76. The van der Waals surface area contributed by atoms with Crippen LogP contribution in [0.4, 0.5) is 0 Å². The molecule has 1 aliphatic carbocycles. The third kappa shape index (κ3) is 2.31. The second-order valence-corrected chi connectivity index (χ2v) is 5.27. The third-order valence-corrected chi connectivity index (χ3v) is 4.30. The van der Waals surface area contributed by atoms with Crippen LogP contribution >= 0.6 is 15.9 Å². The van der Waals surface area contributed by atoms with Crippen LogP contribution in [0.15, 0.2) is 4.47 Å². The van der Waals surface area contributed by atoms with Gasteiger partial charge in [-0.05, 0) is 48.5 Å². The number of hydrogen-bond acceptors (Lipinski definition) is 3. The van der Waals surface area contributed by atoms with Crippen LogP contribution in [-0.4, -0.2) is 15.8 Å². The Labute approximate surface area is 105 Å². The highest BCUT2D eigenvalue weighted by atomic mass is 79.9. The van der Waals surface area contributed by atoms with Crippen molar-refractivity contribution in [1.29, 1.82) is 0 Å². The van der Waals surface area contributed by atoms with E-state index >= 15 is 0 Å². The van der Waals surface area contributed by atoms with Crippen molar-refractivity contribution < 1.29 is 0 Å². The largest absolute Gasteiger partial charge is 0.271 e. The van der Waals surface area contributed by atoms with Crippen molar-refractivity contribution in [2.45, 2.75) is 45.7 Å². The second kappa shape index (κ2) is 4.85. The molecule has 0 aliphatic heterocycles. The summed E-state index contributed by atoms with van der Waals surface area (Å²) in [5.74, 6) is 6.36. The van der Waals surface area contributed by atoms with Crippen LogP contribution in [0.3, 0.4) is 0 Å². The van der Waals surface area contributed by atoms with E-state index in [9.17, 15) is 0 Å². The first-order chi connectivity index (χ1) is 7.67. The lowest BCUT2D eigenvalue weighted by Crippen LogP contribution is -2.39. The smallest absolute Gasteiger partial charge is 0.0738 e. The number of nitrogens with one attached hydrogen (secondary N) is 1. The number of rotatable bonds is 5. The fourth-order valence-corrected chi connectivity index (χ4v) is 2.58. The fourth-order valence-electron chi connectivity index (χ4n) is 2.13.